The zero-order valence-corrected chi connectivity index (χ0v) is 9.06. The molecule has 0 aliphatic rings. The van der Waals surface area contributed by atoms with Crippen LogP contribution in [0.25, 0.3) is 0 Å². The predicted molar refractivity (Wildman–Crippen MR) is 55.6 cm³/mol. The first kappa shape index (κ1) is 12.2. The summed E-state index contributed by atoms with van der Waals surface area (Å²) in [6.45, 7) is 5.42. The van der Waals surface area contributed by atoms with E-state index in [-0.39, 0.29) is 17.6 Å². The SMILES string of the molecule is C=C(C)N(C)C(=O)C(CC=O)SC. The van der Waals surface area contributed by atoms with E-state index >= 15 is 0 Å². The second kappa shape index (κ2) is 5.80. The third-order valence-electron chi connectivity index (χ3n) is 1.77. The Kier molecular flexibility index (Phi) is 5.46. The number of hydrogen-bond donors (Lipinski definition) is 0. The largest absolute Gasteiger partial charge is 0.319 e. The summed E-state index contributed by atoms with van der Waals surface area (Å²) in [6.07, 6.45) is 2.85. The van der Waals surface area contributed by atoms with E-state index in [4.69, 9.17) is 0 Å². The highest BCUT2D eigenvalue weighted by molar-refractivity contribution is 7.99. The van der Waals surface area contributed by atoms with Gasteiger partial charge in [0, 0.05) is 19.2 Å². The van der Waals surface area contributed by atoms with E-state index in [1.165, 1.54) is 16.7 Å². The number of allylic oxidation sites excluding steroid dienone is 1. The quantitative estimate of drug-likeness (QED) is 0.629. The lowest BCUT2D eigenvalue weighted by Crippen LogP contribution is -2.33. The van der Waals surface area contributed by atoms with Crippen LogP contribution >= 0.6 is 11.8 Å². The van der Waals surface area contributed by atoms with Gasteiger partial charge in [0.2, 0.25) is 5.91 Å². The van der Waals surface area contributed by atoms with E-state index in [1.807, 2.05) is 6.26 Å². The van der Waals surface area contributed by atoms with Crippen LogP contribution in [0.1, 0.15) is 13.3 Å². The van der Waals surface area contributed by atoms with E-state index in [0.29, 0.717) is 5.70 Å². The van der Waals surface area contributed by atoms with Gasteiger partial charge in [-0.1, -0.05) is 6.58 Å². The van der Waals surface area contributed by atoms with Gasteiger partial charge in [-0.25, -0.2) is 0 Å². The van der Waals surface area contributed by atoms with Crippen LogP contribution in [0.2, 0.25) is 0 Å². The van der Waals surface area contributed by atoms with Gasteiger partial charge in [0.1, 0.15) is 6.29 Å². The molecule has 0 bridgehead atoms. The Morgan fingerprint density at radius 2 is 2.23 bits per heavy atom. The second-order valence-corrected chi connectivity index (χ2v) is 3.80. The molecule has 1 atom stereocenters. The first-order chi connectivity index (χ1) is 6.04. The lowest BCUT2D eigenvalue weighted by atomic mass is 10.3. The van der Waals surface area contributed by atoms with Crippen molar-refractivity contribution in [3.8, 4) is 0 Å². The molecule has 13 heavy (non-hydrogen) atoms. The summed E-state index contributed by atoms with van der Waals surface area (Å²) in [6, 6.07) is 0. The van der Waals surface area contributed by atoms with E-state index < -0.39 is 0 Å². The van der Waals surface area contributed by atoms with Gasteiger partial charge in [-0.05, 0) is 13.2 Å². The van der Waals surface area contributed by atoms with Crippen molar-refractivity contribution < 1.29 is 9.59 Å². The zero-order chi connectivity index (χ0) is 10.4. The van der Waals surface area contributed by atoms with Gasteiger partial charge < -0.3 is 9.69 Å². The normalized spacial score (nSPS) is 11.9. The van der Waals surface area contributed by atoms with E-state index in [1.54, 1.807) is 14.0 Å². The van der Waals surface area contributed by atoms with E-state index in [2.05, 4.69) is 6.58 Å². The number of thioether (sulfide) groups is 1. The zero-order valence-electron chi connectivity index (χ0n) is 8.24. The van der Waals surface area contributed by atoms with Gasteiger partial charge in [-0.2, -0.15) is 11.8 Å². The third kappa shape index (κ3) is 3.63. The molecule has 0 rings (SSSR count). The van der Waals surface area contributed by atoms with Gasteiger partial charge >= 0.3 is 0 Å². The number of rotatable bonds is 5. The first-order valence-corrected chi connectivity index (χ1v) is 5.22. The monoisotopic (exact) mass is 201 g/mol. The van der Waals surface area contributed by atoms with Crippen LogP contribution in [-0.4, -0.2) is 35.6 Å². The molecule has 0 aliphatic heterocycles. The summed E-state index contributed by atoms with van der Waals surface area (Å²) in [4.78, 5) is 23.3. The Morgan fingerprint density at radius 1 is 1.69 bits per heavy atom. The maximum atomic E-state index is 11.6. The maximum Gasteiger partial charge on any atom is 0.239 e. The molecular weight excluding hydrogens is 186 g/mol. The molecule has 0 aromatic carbocycles. The van der Waals surface area contributed by atoms with Crippen molar-refractivity contribution in [3.05, 3.63) is 12.3 Å². The van der Waals surface area contributed by atoms with Crippen molar-refractivity contribution in [2.45, 2.75) is 18.6 Å². The Bertz CT molecular complexity index is 216. The fraction of sp³-hybridized carbons (Fsp3) is 0.556. The third-order valence-corrected chi connectivity index (χ3v) is 2.74. The highest BCUT2D eigenvalue weighted by Gasteiger charge is 2.20. The maximum absolute atomic E-state index is 11.6. The van der Waals surface area contributed by atoms with Gasteiger partial charge in [-0.15, -0.1) is 0 Å². The number of aldehydes is 1. The Hall–Kier alpha value is -0.770. The number of nitrogens with zero attached hydrogens (tertiary/aromatic N) is 1. The summed E-state index contributed by atoms with van der Waals surface area (Å²) >= 11 is 1.38. The van der Waals surface area contributed by atoms with Crippen LogP contribution in [-0.2, 0) is 9.59 Å². The van der Waals surface area contributed by atoms with E-state index in [0.717, 1.165) is 6.29 Å². The molecule has 0 spiro atoms. The number of amides is 1. The molecule has 4 heteroatoms. The van der Waals surface area contributed by atoms with E-state index in [9.17, 15) is 9.59 Å². The van der Waals surface area contributed by atoms with Crippen molar-refractivity contribution in [1.82, 2.24) is 4.90 Å². The van der Waals surface area contributed by atoms with Crippen molar-refractivity contribution in [2.24, 2.45) is 0 Å². The van der Waals surface area contributed by atoms with Crippen molar-refractivity contribution >= 4 is 24.0 Å². The molecule has 1 amide bonds. The molecule has 0 radical (unpaired) electrons. The van der Waals surface area contributed by atoms with Gasteiger partial charge in [0.25, 0.3) is 0 Å². The fourth-order valence-corrected chi connectivity index (χ4v) is 1.42. The van der Waals surface area contributed by atoms with Crippen LogP contribution in [0.4, 0.5) is 0 Å². The minimum Gasteiger partial charge on any atom is -0.319 e. The topological polar surface area (TPSA) is 37.4 Å². The average molecular weight is 201 g/mol. The predicted octanol–water partition coefficient (Wildman–Crippen LogP) is 1.30. The van der Waals surface area contributed by atoms with Gasteiger partial charge in [0.15, 0.2) is 0 Å². The van der Waals surface area contributed by atoms with Crippen LogP contribution < -0.4 is 0 Å². The molecule has 0 N–H and O–H groups in total. The average Bonchev–Trinajstić information content (AvgIpc) is 2.11. The van der Waals surface area contributed by atoms with Crippen LogP contribution in [0, 0.1) is 0 Å². The summed E-state index contributed by atoms with van der Waals surface area (Å²) < 4.78 is 0. The Labute approximate surface area is 83.2 Å². The van der Waals surface area contributed by atoms with Gasteiger partial charge in [-0.3, -0.25) is 4.79 Å². The van der Waals surface area contributed by atoms with Crippen LogP contribution in [0.3, 0.4) is 0 Å². The van der Waals surface area contributed by atoms with Crippen LogP contribution in [0.5, 0.6) is 0 Å². The lowest BCUT2D eigenvalue weighted by molar-refractivity contribution is -0.128. The van der Waals surface area contributed by atoms with Crippen LogP contribution in [0.15, 0.2) is 12.3 Å². The molecule has 1 unspecified atom stereocenters. The molecule has 0 saturated heterocycles. The standard InChI is InChI=1S/C9H15NO2S/c1-7(2)10(3)9(12)8(13-4)5-6-11/h6,8H,1,5H2,2-4H3. The molecule has 3 nitrogen and oxygen atoms in total. The van der Waals surface area contributed by atoms with Crippen molar-refractivity contribution in [3.63, 3.8) is 0 Å². The summed E-state index contributed by atoms with van der Waals surface area (Å²) in [7, 11) is 1.67. The summed E-state index contributed by atoms with van der Waals surface area (Å²) in [5.41, 5.74) is 0.690. The minimum absolute atomic E-state index is 0.0629. The molecule has 0 saturated carbocycles. The van der Waals surface area contributed by atoms with Gasteiger partial charge in [0.05, 0.1) is 5.25 Å². The summed E-state index contributed by atoms with van der Waals surface area (Å²) in [5, 5.41) is -0.279. The lowest BCUT2D eigenvalue weighted by Gasteiger charge is -2.21. The number of carbonyl (C=O) groups is 2. The molecule has 0 aromatic rings. The molecular formula is C9H15NO2S. The smallest absolute Gasteiger partial charge is 0.239 e. The van der Waals surface area contributed by atoms with Crippen molar-refractivity contribution in [1.29, 1.82) is 0 Å². The number of hydrogen-bond acceptors (Lipinski definition) is 3. The fourth-order valence-electron chi connectivity index (χ4n) is 0.789. The molecule has 0 heterocycles. The minimum atomic E-state index is -0.279. The van der Waals surface area contributed by atoms with Crippen molar-refractivity contribution in [2.75, 3.05) is 13.3 Å². The molecule has 0 fully saturated rings. The highest BCUT2D eigenvalue weighted by atomic mass is 32.2. The number of carbonyl (C=O) groups excluding carboxylic acids is 2. The first-order valence-electron chi connectivity index (χ1n) is 3.94. The Morgan fingerprint density at radius 3 is 2.54 bits per heavy atom. The Balaban J connectivity index is 4.35. The summed E-state index contributed by atoms with van der Waals surface area (Å²) in [5.74, 6) is -0.0629. The highest BCUT2D eigenvalue weighted by Crippen LogP contribution is 2.14. The molecule has 0 aliphatic carbocycles. The molecule has 0 aromatic heterocycles. The molecule has 74 valence electrons. The second-order valence-electron chi connectivity index (χ2n) is 2.76.